The first-order chi connectivity index (χ1) is 9.60. The van der Waals surface area contributed by atoms with Crippen LogP contribution in [0.1, 0.15) is 40.0 Å². The van der Waals surface area contributed by atoms with Crippen LogP contribution >= 0.6 is 0 Å². The molecular formula is C14H24N6. The molecule has 20 heavy (non-hydrogen) atoms. The lowest BCUT2D eigenvalue weighted by atomic mass is 10.0. The van der Waals surface area contributed by atoms with Gasteiger partial charge >= 0.3 is 0 Å². The summed E-state index contributed by atoms with van der Waals surface area (Å²) >= 11 is 0. The molecule has 0 radical (unpaired) electrons. The molecule has 3 N–H and O–H groups in total. The number of aromatic nitrogens is 4. The molecule has 0 fully saturated rings. The molecule has 0 aromatic carbocycles. The summed E-state index contributed by atoms with van der Waals surface area (Å²) in [5.41, 5.74) is 0.751. The van der Waals surface area contributed by atoms with Gasteiger partial charge in [0.25, 0.3) is 0 Å². The van der Waals surface area contributed by atoms with E-state index < -0.39 is 0 Å². The molecule has 110 valence electrons. The second-order valence-electron chi connectivity index (χ2n) is 5.65. The van der Waals surface area contributed by atoms with E-state index in [1.807, 2.05) is 7.05 Å². The molecule has 0 aliphatic rings. The van der Waals surface area contributed by atoms with E-state index in [0.717, 1.165) is 29.2 Å². The van der Waals surface area contributed by atoms with Gasteiger partial charge in [0.05, 0.1) is 11.6 Å². The van der Waals surface area contributed by atoms with Crippen LogP contribution in [0, 0.1) is 5.92 Å². The van der Waals surface area contributed by atoms with Gasteiger partial charge in [-0.05, 0) is 19.3 Å². The topological polar surface area (TPSA) is 78.5 Å². The molecule has 0 aliphatic carbocycles. The molecule has 0 saturated heterocycles. The van der Waals surface area contributed by atoms with Crippen LogP contribution < -0.4 is 10.6 Å². The Morgan fingerprint density at radius 1 is 1.20 bits per heavy atom. The minimum absolute atomic E-state index is 0.381. The van der Waals surface area contributed by atoms with E-state index in [1.165, 1.54) is 12.8 Å². The van der Waals surface area contributed by atoms with Gasteiger partial charge in [-0.25, -0.2) is 0 Å². The van der Waals surface area contributed by atoms with E-state index in [9.17, 15) is 0 Å². The van der Waals surface area contributed by atoms with Gasteiger partial charge in [0, 0.05) is 13.1 Å². The monoisotopic (exact) mass is 276 g/mol. The molecule has 2 heterocycles. The van der Waals surface area contributed by atoms with Crippen molar-refractivity contribution in [3.05, 3.63) is 6.20 Å². The number of hydrogen-bond acceptors (Lipinski definition) is 5. The third-order valence-electron chi connectivity index (χ3n) is 3.34. The van der Waals surface area contributed by atoms with E-state index in [4.69, 9.17) is 0 Å². The van der Waals surface area contributed by atoms with Crippen molar-refractivity contribution in [1.29, 1.82) is 0 Å². The highest BCUT2D eigenvalue weighted by atomic mass is 15.2. The highest BCUT2D eigenvalue weighted by molar-refractivity contribution is 5.87. The number of nitrogens with zero attached hydrogens (tertiary/aromatic N) is 3. The molecule has 1 unspecified atom stereocenters. The average molecular weight is 276 g/mol. The lowest BCUT2D eigenvalue weighted by Crippen LogP contribution is -2.17. The van der Waals surface area contributed by atoms with Gasteiger partial charge in [0.15, 0.2) is 5.65 Å². The van der Waals surface area contributed by atoms with E-state index in [0.29, 0.717) is 12.0 Å². The number of nitrogens with one attached hydrogen (secondary N) is 3. The van der Waals surface area contributed by atoms with Crippen molar-refractivity contribution in [2.24, 2.45) is 5.92 Å². The molecule has 2 aromatic heterocycles. The molecule has 6 nitrogen and oxygen atoms in total. The fraction of sp³-hybridized carbons (Fsp3) is 0.643. The molecule has 1 atom stereocenters. The van der Waals surface area contributed by atoms with Crippen molar-refractivity contribution < 1.29 is 0 Å². The van der Waals surface area contributed by atoms with E-state index >= 15 is 0 Å². The molecule has 2 aromatic rings. The Morgan fingerprint density at radius 3 is 2.70 bits per heavy atom. The highest BCUT2D eigenvalue weighted by Gasteiger charge is 2.11. The lowest BCUT2D eigenvalue weighted by Gasteiger charge is -2.16. The summed E-state index contributed by atoms with van der Waals surface area (Å²) in [6.07, 6.45) is 5.39. The number of rotatable bonds is 7. The first-order valence-corrected chi connectivity index (χ1v) is 7.25. The zero-order chi connectivity index (χ0) is 14.5. The lowest BCUT2D eigenvalue weighted by molar-refractivity contribution is 0.520. The second-order valence-corrected chi connectivity index (χ2v) is 5.65. The summed E-state index contributed by atoms with van der Waals surface area (Å²) in [7, 11) is 1.81. The van der Waals surface area contributed by atoms with Gasteiger partial charge in [0.1, 0.15) is 5.82 Å². The van der Waals surface area contributed by atoms with E-state index in [2.05, 4.69) is 51.6 Å². The molecule has 0 bridgehead atoms. The summed E-state index contributed by atoms with van der Waals surface area (Å²) in [4.78, 5) is 8.81. The molecule has 2 rings (SSSR count). The fourth-order valence-electron chi connectivity index (χ4n) is 2.19. The smallest absolute Gasteiger partial charge is 0.226 e. The molecule has 0 aliphatic heterocycles. The maximum atomic E-state index is 4.48. The third-order valence-corrected chi connectivity index (χ3v) is 3.34. The van der Waals surface area contributed by atoms with Crippen LogP contribution in [0.15, 0.2) is 6.20 Å². The highest BCUT2D eigenvalue weighted by Crippen LogP contribution is 2.21. The van der Waals surface area contributed by atoms with Gasteiger partial charge in [-0.3, -0.25) is 5.10 Å². The first-order valence-electron chi connectivity index (χ1n) is 7.25. The molecule has 6 heteroatoms. The number of anilines is 2. The predicted molar refractivity (Wildman–Crippen MR) is 83.0 cm³/mol. The minimum Gasteiger partial charge on any atom is -0.367 e. The Bertz CT molecular complexity index is 548. The Labute approximate surface area is 119 Å². The second kappa shape index (κ2) is 6.54. The van der Waals surface area contributed by atoms with Crippen molar-refractivity contribution in [2.75, 3.05) is 17.7 Å². The third kappa shape index (κ3) is 3.59. The standard InChI is InChI=1S/C14H24N6/c1-9(2)6-5-7-10(3)17-12-11-8-16-20-13(11)19-14(15-4)18-12/h8-10H,5-7H2,1-4H3,(H3,15,16,17,18,19,20). The van der Waals surface area contributed by atoms with E-state index in [1.54, 1.807) is 6.20 Å². The van der Waals surface area contributed by atoms with E-state index in [-0.39, 0.29) is 0 Å². The van der Waals surface area contributed by atoms with Gasteiger partial charge in [-0.1, -0.05) is 26.7 Å². The Morgan fingerprint density at radius 2 is 2.00 bits per heavy atom. The predicted octanol–water partition coefficient (Wildman–Crippen LogP) is 3.02. The molecule has 0 spiro atoms. The number of hydrogen-bond donors (Lipinski definition) is 3. The normalized spacial score (nSPS) is 12.8. The van der Waals surface area contributed by atoms with Gasteiger partial charge < -0.3 is 10.6 Å². The Kier molecular flexibility index (Phi) is 4.76. The number of fused-ring (bicyclic) bond motifs is 1. The quantitative estimate of drug-likeness (QED) is 0.724. The average Bonchev–Trinajstić information content (AvgIpc) is 2.86. The summed E-state index contributed by atoms with van der Waals surface area (Å²) < 4.78 is 0. The Hall–Kier alpha value is -1.85. The fourth-order valence-corrected chi connectivity index (χ4v) is 2.19. The Balaban J connectivity index is 2.06. The van der Waals surface area contributed by atoms with Crippen LogP contribution in [0.3, 0.4) is 0 Å². The van der Waals surface area contributed by atoms with Crippen LogP contribution in [0.5, 0.6) is 0 Å². The maximum absolute atomic E-state index is 4.48. The number of H-pyrrole nitrogens is 1. The van der Waals surface area contributed by atoms with Crippen molar-refractivity contribution in [1.82, 2.24) is 20.2 Å². The SMILES string of the molecule is CNc1nc(NC(C)CCCC(C)C)c2cn[nH]c2n1. The van der Waals surface area contributed by atoms with Crippen molar-refractivity contribution in [2.45, 2.75) is 46.1 Å². The maximum Gasteiger partial charge on any atom is 0.226 e. The van der Waals surface area contributed by atoms with Crippen LogP contribution in [-0.2, 0) is 0 Å². The molecular weight excluding hydrogens is 252 g/mol. The summed E-state index contributed by atoms with van der Waals surface area (Å²) in [5, 5.41) is 14.3. The van der Waals surface area contributed by atoms with Crippen LogP contribution in [0.2, 0.25) is 0 Å². The molecule has 0 amide bonds. The minimum atomic E-state index is 0.381. The van der Waals surface area contributed by atoms with Gasteiger partial charge in [-0.15, -0.1) is 0 Å². The zero-order valence-electron chi connectivity index (χ0n) is 12.7. The van der Waals surface area contributed by atoms with Crippen molar-refractivity contribution >= 4 is 22.8 Å². The summed E-state index contributed by atoms with van der Waals surface area (Å²) in [6, 6.07) is 0.381. The van der Waals surface area contributed by atoms with Gasteiger partial charge in [-0.2, -0.15) is 15.1 Å². The summed E-state index contributed by atoms with van der Waals surface area (Å²) in [5.74, 6) is 2.20. The number of aromatic amines is 1. The van der Waals surface area contributed by atoms with Crippen LogP contribution in [0.4, 0.5) is 11.8 Å². The van der Waals surface area contributed by atoms with Gasteiger partial charge in [0.2, 0.25) is 5.95 Å². The first kappa shape index (κ1) is 14.6. The summed E-state index contributed by atoms with van der Waals surface area (Å²) in [6.45, 7) is 6.71. The van der Waals surface area contributed by atoms with Crippen LogP contribution in [-0.4, -0.2) is 33.3 Å². The largest absolute Gasteiger partial charge is 0.367 e. The molecule has 0 saturated carbocycles. The van der Waals surface area contributed by atoms with Crippen molar-refractivity contribution in [3.63, 3.8) is 0 Å². The van der Waals surface area contributed by atoms with Crippen LogP contribution in [0.25, 0.3) is 11.0 Å². The zero-order valence-corrected chi connectivity index (χ0v) is 12.7. The van der Waals surface area contributed by atoms with Crippen molar-refractivity contribution in [3.8, 4) is 0 Å².